The lowest BCUT2D eigenvalue weighted by Gasteiger charge is -2.32. The predicted octanol–water partition coefficient (Wildman–Crippen LogP) is 1.92. The van der Waals surface area contributed by atoms with Crippen LogP contribution in [-0.2, 0) is 14.4 Å². The van der Waals surface area contributed by atoms with Gasteiger partial charge in [0.15, 0.2) is 6.61 Å². The van der Waals surface area contributed by atoms with Gasteiger partial charge in [-0.25, -0.2) is 4.79 Å². The second kappa shape index (κ2) is 9.94. The molecular weight excluding hydrogens is 348 g/mol. The monoisotopic (exact) mass is 376 g/mol. The summed E-state index contributed by atoms with van der Waals surface area (Å²) in [5.74, 6) is -0.807. The Bertz CT molecular complexity index is 639. The summed E-state index contributed by atoms with van der Waals surface area (Å²) >= 11 is 0. The van der Waals surface area contributed by atoms with Gasteiger partial charge in [-0.2, -0.15) is 0 Å². The Kier molecular flexibility index (Phi) is 7.64. The van der Waals surface area contributed by atoms with E-state index in [2.05, 4.69) is 5.32 Å². The number of hydrogen-bond donors (Lipinski definition) is 2. The zero-order valence-corrected chi connectivity index (χ0v) is 15.9. The van der Waals surface area contributed by atoms with E-state index in [4.69, 9.17) is 4.74 Å². The van der Waals surface area contributed by atoms with Crippen molar-refractivity contribution >= 4 is 17.8 Å². The Balaban J connectivity index is 1.77. The Morgan fingerprint density at radius 1 is 1.19 bits per heavy atom. The van der Waals surface area contributed by atoms with Gasteiger partial charge >= 0.3 is 5.97 Å². The lowest BCUT2D eigenvalue weighted by Crippen LogP contribution is -2.48. The van der Waals surface area contributed by atoms with Crippen molar-refractivity contribution < 1.29 is 24.2 Å². The number of amides is 2. The molecule has 7 nitrogen and oxygen atoms in total. The summed E-state index contributed by atoms with van der Waals surface area (Å²) in [6.45, 7) is 4.75. The summed E-state index contributed by atoms with van der Waals surface area (Å²) in [6, 6.07) is 8.28. The van der Waals surface area contributed by atoms with Crippen LogP contribution < -0.4 is 10.1 Å². The van der Waals surface area contributed by atoms with Crippen LogP contribution in [0.5, 0.6) is 5.75 Å². The van der Waals surface area contributed by atoms with Crippen molar-refractivity contribution in [1.82, 2.24) is 10.2 Å². The molecule has 148 valence electrons. The third-order valence-electron chi connectivity index (χ3n) is 4.65. The number of carbonyl (C=O) groups excluding carboxylic acids is 2. The summed E-state index contributed by atoms with van der Waals surface area (Å²) in [7, 11) is 0. The topological polar surface area (TPSA) is 95.9 Å². The van der Waals surface area contributed by atoms with Crippen LogP contribution in [-0.4, -0.2) is 53.5 Å². The normalized spacial score (nSPS) is 16.0. The molecule has 0 aromatic heterocycles. The zero-order chi connectivity index (χ0) is 19.8. The highest BCUT2D eigenvalue weighted by Gasteiger charge is 2.30. The number of piperidine rings is 1. The zero-order valence-electron chi connectivity index (χ0n) is 15.9. The highest BCUT2D eigenvalue weighted by Crippen LogP contribution is 2.19. The van der Waals surface area contributed by atoms with Crippen LogP contribution in [0.1, 0.15) is 33.1 Å². The Morgan fingerprint density at radius 3 is 2.37 bits per heavy atom. The van der Waals surface area contributed by atoms with Gasteiger partial charge < -0.3 is 20.1 Å². The number of nitrogens with one attached hydrogen (secondary N) is 1. The summed E-state index contributed by atoms with van der Waals surface area (Å²) < 4.78 is 5.48. The van der Waals surface area contributed by atoms with Crippen LogP contribution in [0.25, 0.3) is 0 Å². The molecule has 7 heteroatoms. The quantitative estimate of drug-likeness (QED) is 0.723. The molecule has 0 aliphatic carbocycles. The molecule has 1 aliphatic rings. The number of carboxylic acids is 1. The molecule has 1 aromatic carbocycles. The smallest absolute Gasteiger partial charge is 0.326 e. The van der Waals surface area contributed by atoms with Crippen molar-refractivity contribution in [3.8, 4) is 5.75 Å². The van der Waals surface area contributed by atoms with Gasteiger partial charge in [0, 0.05) is 19.0 Å². The number of para-hydroxylation sites is 1. The first-order valence-electron chi connectivity index (χ1n) is 9.35. The van der Waals surface area contributed by atoms with Gasteiger partial charge in [-0.05, 0) is 37.3 Å². The van der Waals surface area contributed by atoms with Gasteiger partial charge in [0.2, 0.25) is 5.91 Å². The van der Waals surface area contributed by atoms with Crippen molar-refractivity contribution in [2.75, 3.05) is 19.7 Å². The summed E-state index contributed by atoms with van der Waals surface area (Å²) in [5.41, 5.74) is 0. The molecule has 0 saturated carbocycles. The number of nitrogens with zero attached hydrogens (tertiary/aromatic N) is 1. The molecule has 1 heterocycles. The van der Waals surface area contributed by atoms with E-state index in [0.717, 1.165) is 0 Å². The first-order valence-corrected chi connectivity index (χ1v) is 9.35. The average molecular weight is 376 g/mol. The number of likely N-dealkylation sites (tertiary alicyclic amines) is 1. The molecule has 0 radical (unpaired) electrons. The summed E-state index contributed by atoms with van der Waals surface area (Å²) in [6.07, 6.45) is 1.45. The van der Waals surface area contributed by atoms with Gasteiger partial charge in [0.1, 0.15) is 11.8 Å². The van der Waals surface area contributed by atoms with Crippen molar-refractivity contribution in [2.24, 2.45) is 11.8 Å². The largest absolute Gasteiger partial charge is 0.484 e. The molecule has 1 aromatic rings. The Labute approximate surface area is 159 Å². The molecular formula is C20H28N2O5. The maximum absolute atomic E-state index is 12.4. The first-order chi connectivity index (χ1) is 12.9. The molecule has 0 bridgehead atoms. The van der Waals surface area contributed by atoms with Crippen molar-refractivity contribution in [3.05, 3.63) is 30.3 Å². The molecule has 0 unspecified atom stereocenters. The lowest BCUT2D eigenvalue weighted by molar-refractivity contribution is -0.143. The Morgan fingerprint density at radius 2 is 1.81 bits per heavy atom. The molecule has 2 rings (SSSR count). The minimum Gasteiger partial charge on any atom is -0.484 e. The number of ether oxygens (including phenoxy) is 1. The van der Waals surface area contributed by atoms with Gasteiger partial charge in [0.05, 0.1) is 0 Å². The molecule has 1 fully saturated rings. The van der Waals surface area contributed by atoms with Crippen molar-refractivity contribution in [1.29, 1.82) is 0 Å². The van der Waals surface area contributed by atoms with Crippen LogP contribution in [0.2, 0.25) is 0 Å². The van der Waals surface area contributed by atoms with E-state index in [-0.39, 0.29) is 30.3 Å². The van der Waals surface area contributed by atoms with Crippen LogP contribution in [0.15, 0.2) is 30.3 Å². The van der Waals surface area contributed by atoms with Gasteiger partial charge in [-0.3, -0.25) is 9.59 Å². The second-order valence-corrected chi connectivity index (χ2v) is 7.29. The highest BCUT2D eigenvalue weighted by atomic mass is 16.5. The average Bonchev–Trinajstić information content (AvgIpc) is 2.66. The van der Waals surface area contributed by atoms with Crippen molar-refractivity contribution in [3.63, 3.8) is 0 Å². The van der Waals surface area contributed by atoms with Crippen LogP contribution in [0, 0.1) is 11.8 Å². The van der Waals surface area contributed by atoms with Gasteiger partial charge in [-0.15, -0.1) is 0 Å². The van der Waals surface area contributed by atoms with Crippen molar-refractivity contribution in [2.45, 2.75) is 39.2 Å². The number of rotatable bonds is 8. The Hall–Kier alpha value is -2.57. The molecule has 2 N–H and O–H groups in total. The fraction of sp³-hybridized carbons (Fsp3) is 0.550. The lowest BCUT2D eigenvalue weighted by atomic mass is 9.94. The van der Waals surface area contributed by atoms with E-state index < -0.39 is 12.0 Å². The number of hydrogen-bond acceptors (Lipinski definition) is 4. The minimum atomic E-state index is -1.01. The third kappa shape index (κ3) is 6.58. The standard InChI is InChI=1S/C20H28N2O5/c1-14(2)12-17(20(25)26)21-19(24)15-8-10-22(11-9-15)18(23)13-27-16-6-4-3-5-7-16/h3-7,14-15,17H,8-13H2,1-2H3,(H,21,24)(H,25,26)/t17-/m0/s1. The molecule has 27 heavy (non-hydrogen) atoms. The predicted molar refractivity (Wildman–Crippen MR) is 100 cm³/mol. The summed E-state index contributed by atoms with van der Waals surface area (Å²) in [4.78, 5) is 37.6. The van der Waals surface area contributed by atoms with Crippen LogP contribution >= 0.6 is 0 Å². The van der Waals surface area contributed by atoms with Crippen LogP contribution in [0.3, 0.4) is 0 Å². The SMILES string of the molecule is CC(C)C[C@H](NC(=O)C1CCN(C(=O)COc2ccccc2)CC1)C(=O)O. The van der Waals surface area contributed by atoms with Gasteiger partial charge in [-0.1, -0.05) is 32.0 Å². The molecule has 1 saturated heterocycles. The fourth-order valence-electron chi connectivity index (χ4n) is 3.13. The van der Waals surface area contributed by atoms with Crippen LogP contribution in [0.4, 0.5) is 0 Å². The van der Waals surface area contributed by atoms with E-state index in [1.165, 1.54) is 0 Å². The molecule has 1 atom stereocenters. The van der Waals surface area contributed by atoms with E-state index in [1.54, 1.807) is 17.0 Å². The number of aliphatic carboxylic acids is 1. The number of benzene rings is 1. The molecule has 0 spiro atoms. The van der Waals surface area contributed by atoms with E-state index in [0.29, 0.717) is 38.1 Å². The fourth-order valence-corrected chi connectivity index (χ4v) is 3.13. The third-order valence-corrected chi connectivity index (χ3v) is 4.65. The number of carboxylic acid groups (broad SMARTS) is 1. The van der Waals surface area contributed by atoms with E-state index >= 15 is 0 Å². The maximum atomic E-state index is 12.4. The number of carbonyl (C=O) groups is 3. The van der Waals surface area contributed by atoms with Gasteiger partial charge in [0.25, 0.3) is 5.91 Å². The highest BCUT2D eigenvalue weighted by molar-refractivity contribution is 5.85. The first kappa shape index (κ1) is 20.7. The minimum absolute atomic E-state index is 0.0314. The molecule has 1 aliphatic heterocycles. The second-order valence-electron chi connectivity index (χ2n) is 7.29. The maximum Gasteiger partial charge on any atom is 0.326 e. The molecule has 2 amide bonds. The van der Waals surface area contributed by atoms with E-state index in [9.17, 15) is 19.5 Å². The summed E-state index contributed by atoms with van der Waals surface area (Å²) in [5, 5.41) is 11.9. The van der Waals surface area contributed by atoms with E-state index in [1.807, 2.05) is 32.0 Å².